The highest BCUT2D eigenvalue weighted by atomic mass is 19.1. The summed E-state index contributed by atoms with van der Waals surface area (Å²) in [5.41, 5.74) is 0.727. The van der Waals surface area contributed by atoms with Crippen molar-refractivity contribution in [3.63, 3.8) is 0 Å². The van der Waals surface area contributed by atoms with E-state index < -0.39 is 23.4 Å². The van der Waals surface area contributed by atoms with Crippen LogP contribution in [0.2, 0.25) is 0 Å². The lowest BCUT2D eigenvalue weighted by Crippen LogP contribution is -2.41. The summed E-state index contributed by atoms with van der Waals surface area (Å²) in [6.07, 6.45) is 0.489. The first-order valence-electron chi connectivity index (χ1n) is 6.10. The van der Waals surface area contributed by atoms with E-state index in [1.54, 1.807) is 13.0 Å². The Balaban J connectivity index is 2.09. The number of halogens is 1. The van der Waals surface area contributed by atoms with Gasteiger partial charge in [-0.2, -0.15) is 0 Å². The molecule has 19 heavy (non-hydrogen) atoms. The number of hydrogen-bond donors (Lipinski definition) is 1. The molecule has 1 aromatic carbocycles. The van der Waals surface area contributed by atoms with Crippen LogP contribution in [-0.4, -0.2) is 17.6 Å². The van der Waals surface area contributed by atoms with Crippen molar-refractivity contribution in [3.05, 3.63) is 35.1 Å². The summed E-state index contributed by atoms with van der Waals surface area (Å²) in [4.78, 5) is 34.5. The SMILES string of the molecule is Cc1ccc(C(=O)C[C@H]2CCC(=O)NC2=O)c(F)c1. The number of carbonyl (C=O) groups excluding carboxylic acids is 3. The Morgan fingerprint density at radius 1 is 1.42 bits per heavy atom. The zero-order chi connectivity index (χ0) is 14.0. The second kappa shape index (κ2) is 5.30. The van der Waals surface area contributed by atoms with Crippen molar-refractivity contribution in [2.45, 2.75) is 26.2 Å². The molecule has 1 aromatic rings. The number of hydrogen-bond acceptors (Lipinski definition) is 3. The summed E-state index contributed by atoms with van der Waals surface area (Å²) in [6, 6.07) is 4.37. The molecule has 0 radical (unpaired) electrons. The van der Waals surface area contributed by atoms with Gasteiger partial charge in [-0.1, -0.05) is 6.07 Å². The minimum Gasteiger partial charge on any atom is -0.296 e. The Morgan fingerprint density at radius 2 is 2.16 bits per heavy atom. The lowest BCUT2D eigenvalue weighted by atomic mass is 9.90. The van der Waals surface area contributed by atoms with Gasteiger partial charge in [0.2, 0.25) is 11.8 Å². The van der Waals surface area contributed by atoms with E-state index >= 15 is 0 Å². The molecule has 0 aliphatic carbocycles. The molecule has 0 bridgehead atoms. The van der Waals surface area contributed by atoms with Crippen LogP contribution in [0.1, 0.15) is 35.2 Å². The third-order valence-electron chi connectivity index (χ3n) is 3.21. The van der Waals surface area contributed by atoms with Crippen molar-refractivity contribution < 1.29 is 18.8 Å². The highest BCUT2D eigenvalue weighted by Crippen LogP contribution is 2.20. The molecule has 1 N–H and O–H groups in total. The molecular formula is C14H14FNO3. The first-order valence-corrected chi connectivity index (χ1v) is 6.10. The molecule has 100 valence electrons. The van der Waals surface area contributed by atoms with Gasteiger partial charge in [-0.05, 0) is 31.0 Å². The number of imide groups is 1. The van der Waals surface area contributed by atoms with E-state index in [9.17, 15) is 18.8 Å². The number of carbonyl (C=O) groups is 3. The second-order valence-corrected chi connectivity index (χ2v) is 4.76. The Labute approximate surface area is 110 Å². The number of aryl methyl sites for hydroxylation is 1. The molecule has 1 aliphatic heterocycles. The Bertz CT molecular complexity index is 554. The maximum atomic E-state index is 13.6. The first kappa shape index (κ1) is 13.4. The fraction of sp³-hybridized carbons (Fsp3) is 0.357. The number of amides is 2. The monoisotopic (exact) mass is 263 g/mol. The minimum atomic E-state index is -0.572. The number of ketones is 1. The highest BCUT2D eigenvalue weighted by Gasteiger charge is 2.29. The van der Waals surface area contributed by atoms with Gasteiger partial charge in [-0.25, -0.2) is 4.39 Å². The van der Waals surface area contributed by atoms with Gasteiger partial charge in [0, 0.05) is 18.8 Å². The van der Waals surface area contributed by atoms with Gasteiger partial charge >= 0.3 is 0 Å². The second-order valence-electron chi connectivity index (χ2n) is 4.76. The molecule has 1 fully saturated rings. The predicted octanol–water partition coefficient (Wildman–Crippen LogP) is 1.76. The molecule has 0 unspecified atom stereocenters. The quantitative estimate of drug-likeness (QED) is 0.667. The third-order valence-corrected chi connectivity index (χ3v) is 3.21. The molecule has 1 atom stereocenters. The maximum Gasteiger partial charge on any atom is 0.230 e. The average Bonchev–Trinajstić information content (AvgIpc) is 2.32. The van der Waals surface area contributed by atoms with E-state index in [0.717, 1.165) is 5.56 Å². The molecule has 0 aromatic heterocycles. The number of benzene rings is 1. The third kappa shape index (κ3) is 3.05. The molecule has 2 rings (SSSR count). The van der Waals surface area contributed by atoms with E-state index in [-0.39, 0.29) is 24.3 Å². The number of piperidine rings is 1. The van der Waals surface area contributed by atoms with Gasteiger partial charge < -0.3 is 0 Å². The van der Waals surface area contributed by atoms with Crippen LogP contribution in [0.5, 0.6) is 0 Å². The van der Waals surface area contributed by atoms with E-state index in [0.29, 0.717) is 6.42 Å². The van der Waals surface area contributed by atoms with E-state index in [4.69, 9.17) is 0 Å². The molecule has 4 nitrogen and oxygen atoms in total. The van der Waals surface area contributed by atoms with Crippen molar-refractivity contribution >= 4 is 17.6 Å². The molecular weight excluding hydrogens is 249 g/mol. The van der Waals surface area contributed by atoms with Gasteiger partial charge in [0.1, 0.15) is 5.82 Å². The van der Waals surface area contributed by atoms with Crippen LogP contribution in [0.25, 0.3) is 0 Å². The van der Waals surface area contributed by atoms with E-state index in [2.05, 4.69) is 5.32 Å². The largest absolute Gasteiger partial charge is 0.296 e. The van der Waals surface area contributed by atoms with E-state index in [1.807, 2.05) is 0 Å². The van der Waals surface area contributed by atoms with Crippen LogP contribution in [0.4, 0.5) is 4.39 Å². The van der Waals surface area contributed by atoms with Crippen molar-refractivity contribution in [3.8, 4) is 0 Å². The summed E-state index contributed by atoms with van der Waals surface area (Å²) >= 11 is 0. The van der Waals surface area contributed by atoms with Crippen LogP contribution < -0.4 is 5.32 Å². The number of Topliss-reactive ketones (excluding diaryl/α,β-unsaturated/α-hetero) is 1. The molecule has 0 saturated carbocycles. The van der Waals surface area contributed by atoms with Crippen molar-refractivity contribution in [2.24, 2.45) is 5.92 Å². The molecule has 5 heteroatoms. The fourth-order valence-corrected chi connectivity index (χ4v) is 2.11. The molecule has 2 amide bonds. The smallest absolute Gasteiger partial charge is 0.230 e. The van der Waals surface area contributed by atoms with Crippen LogP contribution in [0.3, 0.4) is 0 Å². The summed E-state index contributed by atoms with van der Waals surface area (Å²) in [7, 11) is 0. The zero-order valence-corrected chi connectivity index (χ0v) is 10.5. The first-order chi connectivity index (χ1) is 8.97. The topological polar surface area (TPSA) is 63.2 Å². The van der Waals surface area contributed by atoms with Crippen molar-refractivity contribution in [1.29, 1.82) is 0 Å². The van der Waals surface area contributed by atoms with Crippen LogP contribution in [-0.2, 0) is 9.59 Å². The number of rotatable bonds is 3. The van der Waals surface area contributed by atoms with E-state index in [1.165, 1.54) is 12.1 Å². The van der Waals surface area contributed by atoms with Crippen molar-refractivity contribution in [1.82, 2.24) is 5.32 Å². The number of nitrogens with one attached hydrogen (secondary N) is 1. The van der Waals surface area contributed by atoms with Crippen LogP contribution in [0.15, 0.2) is 18.2 Å². The summed E-state index contributed by atoms with van der Waals surface area (Å²) < 4.78 is 13.6. The Morgan fingerprint density at radius 3 is 2.79 bits per heavy atom. The molecule has 1 aliphatic rings. The normalized spacial score (nSPS) is 19.2. The standard InChI is InChI=1S/C14H14FNO3/c1-8-2-4-10(11(15)6-8)12(17)7-9-3-5-13(18)16-14(9)19/h2,4,6,9H,3,5,7H2,1H3,(H,16,18,19)/t9-/m1/s1. The summed E-state index contributed by atoms with van der Waals surface area (Å²) in [5.74, 6) is -2.30. The van der Waals surface area contributed by atoms with Gasteiger partial charge in [-0.15, -0.1) is 0 Å². The molecule has 1 heterocycles. The Hall–Kier alpha value is -2.04. The van der Waals surface area contributed by atoms with Crippen LogP contribution >= 0.6 is 0 Å². The fourth-order valence-electron chi connectivity index (χ4n) is 2.11. The predicted molar refractivity (Wildman–Crippen MR) is 66.0 cm³/mol. The Kier molecular flexibility index (Phi) is 3.74. The highest BCUT2D eigenvalue weighted by molar-refractivity contribution is 6.03. The molecule has 1 saturated heterocycles. The lowest BCUT2D eigenvalue weighted by Gasteiger charge is -2.20. The zero-order valence-electron chi connectivity index (χ0n) is 10.5. The van der Waals surface area contributed by atoms with Gasteiger partial charge in [0.05, 0.1) is 5.56 Å². The van der Waals surface area contributed by atoms with Gasteiger partial charge in [0.15, 0.2) is 5.78 Å². The maximum absolute atomic E-state index is 13.6. The van der Waals surface area contributed by atoms with Crippen LogP contribution in [0, 0.1) is 18.7 Å². The average molecular weight is 263 g/mol. The van der Waals surface area contributed by atoms with Gasteiger partial charge in [-0.3, -0.25) is 19.7 Å². The van der Waals surface area contributed by atoms with Crippen molar-refractivity contribution in [2.75, 3.05) is 0 Å². The molecule has 0 spiro atoms. The summed E-state index contributed by atoms with van der Waals surface area (Å²) in [5, 5.41) is 2.19. The van der Waals surface area contributed by atoms with Gasteiger partial charge in [0.25, 0.3) is 0 Å². The lowest BCUT2D eigenvalue weighted by molar-refractivity contribution is -0.136. The summed E-state index contributed by atoms with van der Waals surface area (Å²) in [6.45, 7) is 1.73. The minimum absolute atomic E-state index is 0.00435.